The van der Waals surface area contributed by atoms with Crippen molar-refractivity contribution in [2.24, 2.45) is 23.2 Å². The second-order valence-corrected chi connectivity index (χ2v) is 10.9. The Kier molecular flexibility index (Phi) is 7.26. The number of hydrogen-bond donors (Lipinski definition) is 1. The Morgan fingerprint density at radius 2 is 1.71 bits per heavy atom. The van der Waals surface area contributed by atoms with Gasteiger partial charge in [0.05, 0.1) is 7.11 Å². The standard InChI is InChI=1S/C27H42N2O2/c1-20(2)29(13-10-24-8-4-5-9-25(24)31-3)12-7-6-11-28-26(30)27-17-21-14-22(18-27)16-23(15-21)19-27/h4-5,8-9,20-23H,6-7,10-19H2,1-3H3,(H,28,30). The number of hydrogen-bond acceptors (Lipinski definition) is 3. The minimum atomic E-state index is -0.00649. The molecule has 0 aromatic heterocycles. The lowest BCUT2D eigenvalue weighted by atomic mass is 9.49. The third kappa shape index (κ3) is 5.27. The first-order valence-corrected chi connectivity index (χ1v) is 12.6. The maximum atomic E-state index is 13.1. The molecule has 0 saturated heterocycles. The van der Waals surface area contributed by atoms with E-state index in [2.05, 4.69) is 36.2 Å². The van der Waals surface area contributed by atoms with Gasteiger partial charge in [-0.1, -0.05) is 18.2 Å². The van der Waals surface area contributed by atoms with Crippen molar-refractivity contribution in [1.82, 2.24) is 10.2 Å². The minimum Gasteiger partial charge on any atom is -0.496 e. The molecule has 0 radical (unpaired) electrons. The first kappa shape index (κ1) is 22.6. The van der Waals surface area contributed by atoms with Crippen LogP contribution in [0.2, 0.25) is 0 Å². The van der Waals surface area contributed by atoms with Crippen molar-refractivity contribution in [3.8, 4) is 5.75 Å². The molecule has 4 heteroatoms. The number of carbonyl (C=O) groups excluding carboxylic acids is 1. The summed E-state index contributed by atoms with van der Waals surface area (Å²) in [5.41, 5.74) is 1.27. The number of nitrogens with one attached hydrogen (secondary N) is 1. The highest BCUT2D eigenvalue weighted by atomic mass is 16.5. The molecule has 4 bridgehead atoms. The number of methoxy groups -OCH3 is 1. The molecule has 4 nitrogen and oxygen atoms in total. The van der Waals surface area contributed by atoms with E-state index in [0.29, 0.717) is 11.9 Å². The summed E-state index contributed by atoms with van der Waals surface area (Å²) >= 11 is 0. The molecule has 4 aliphatic carbocycles. The van der Waals surface area contributed by atoms with Crippen LogP contribution in [0, 0.1) is 23.2 Å². The van der Waals surface area contributed by atoms with Crippen LogP contribution in [0.15, 0.2) is 24.3 Å². The zero-order valence-corrected chi connectivity index (χ0v) is 19.9. The molecular formula is C27H42N2O2. The summed E-state index contributed by atoms with van der Waals surface area (Å²) in [4.78, 5) is 15.6. The quantitative estimate of drug-likeness (QED) is 0.503. The smallest absolute Gasteiger partial charge is 0.226 e. The maximum Gasteiger partial charge on any atom is 0.226 e. The Morgan fingerprint density at radius 1 is 1.06 bits per heavy atom. The van der Waals surface area contributed by atoms with E-state index >= 15 is 0 Å². The molecule has 31 heavy (non-hydrogen) atoms. The summed E-state index contributed by atoms with van der Waals surface area (Å²) in [7, 11) is 1.75. The molecule has 4 saturated carbocycles. The van der Waals surface area contributed by atoms with Crippen LogP contribution in [0.4, 0.5) is 0 Å². The number of carbonyl (C=O) groups is 1. The average molecular weight is 427 g/mol. The van der Waals surface area contributed by atoms with Crippen molar-refractivity contribution in [1.29, 1.82) is 0 Å². The largest absolute Gasteiger partial charge is 0.496 e. The van der Waals surface area contributed by atoms with Crippen LogP contribution in [0.1, 0.15) is 70.8 Å². The molecule has 1 amide bonds. The first-order chi connectivity index (χ1) is 15.0. The third-order valence-corrected chi connectivity index (χ3v) is 8.27. The van der Waals surface area contributed by atoms with Gasteiger partial charge in [0.15, 0.2) is 0 Å². The molecule has 0 aliphatic heterocycles. The van der Waals surface area contributed by atoms with Gasteiger partial charge in [-0.05, 0) is 108 Å². The van der Waals surface area contributed by atoms with Crippen molar-refractivity contribution in [2.75, 3.05) is 26.7 Å². The molecule has 172 valence electrons. The van der Waals surface area contributed by atoms with Crippen LogP contribution < -0.4 is 10.1 Å². The summed E-state index contributed by atoms with van der Waals surface area (Å²) in [5, 5.41) is 3.34. The Bertz CT molecular complexity index is 709. The van der Waals surface area contributed by atoms with Crippen LogP contribution in [-0.4, -0.2) is 43.6 Å². The molecule has 4 fully saturated rings. The predicted octanol–water partition coefficient (Wildman–Crippen LogP) is 5.06. The van der Waals surface area contributed by atoms with Crippen LogP contribution in [-0.2, 0) is 11.2 Å². The summed E-state index contributed by atoms with van der Waals surface area (Å²) in [6.45, 7) is 7.50. The highest BCUT2D eigenvalue weighted by Gasteiger charge is 2.54. The summed E-state index contributed by atoms with van der Waals surface area (Å²) in [6.07, 6.45) is 10.9. The van der Waals surface area contributed by atoms with Crippen LogP contribution in [0.5, 0.6) is 5.75 Å². The van der Waals surface area contributed by atoms with Gasteiger partial charge in [-0.25, -0.2) is 0 Å². The van der Waals surface area contributed by atoms with Crippen LogP contribution in [0.25, 0.3) is 0 Å². The van der Waals surface area contributed by atoms with E-state index < -0.39 is 0 Å². The number of amides is 1. The van der Waals surface area contributed by atoms with E-state index in [9.17, 15) is 4.79 Å². The minimum absolute atomic E-state index is 0.00649. The number of rotatable bonds is 11. The van der Waals surface area contributed by atoms with Crippen molar-refractivity contribution < 1.29 is 9.53 Å². The first-order valence-electron chi connectivity index (χ1n) is 12.6. The SMILES string of the molecule is COc1ccccc1CCN(CCCCNC(=O)C12CC3CC(CC(C3)C1)C2)C(C)C. The van der Waals surface area contributed by atoms with E-state index in [-0.39, 0.29) is 5.41 Å². The number of benzene rings is 1. The molecule has 1 N–H and O–H groups in total. The third-order valence-electron chi connectivity index (χ3n) is 8.27. The van der Waals surface area contributed by atoms with E-state index in [1.54, 1.807) is 7.11 Å². The van der Waals surface area contributed by atoms with Crippen molar-refractivity contribution >= 4 is 5.91 Å². The van der Waals surface area contributed by atoms with E-state index in [0.717, 1.165) is 81.7 Å². The predicted molar refractivity (Wildman–Crippen MR) is 126 cm³/mol. The van der Waals surface area contributed by atoms with E-state index in [4.69, 9.17) is 4.74 Å². The Hall–Kier alpha value is -1.55. The fourth-order valence-electron chi connectivity index (χ4n) is 7.02. The number of unbranched alkanes of at least 4 members (excludes halogenated alkanes) is 1. The monoisotopic (exact) mass is 426 g/mol. The van der Waals surface area contributed by atoms with Gasteiger partial charge in [0, 0.05) is 24.5 Å². The fraction of sp³-hybridized carbons (Fsp3) is 0.741. The lowest BCUT2D eigenvalue weighted by Crippen LogP contribution is -2.53. The molecule has 4 aliphatic rings. The van der Waals surface area contributed by atoms with Crippen molar-refractivity contribution in [2.45, 2.75) is 77.7 Å². The normalized spacial score (nSPS) is 29.0. The number of para-hydroxylation sites is 1. The average Bonchev–Trinajstić information content (AvgIpc) is 2.74. The van der Waals surface area contributed by atoms with Crippen LogP contribution in [0.3, 0.4) is 0 Å². The zero-order valence-electron chi connectivity index (χ0n) is 19.9. The number of ether oxygens (including phenoxy) is 1. The van der Waals surface area contributed by atoms with Gasteiger partial charge in [0.1, 0.15) is 5.75 Å². The van der Waals surface area contributed by atoms with Gasteiger partial charge < -0.3 is 15.0 Å². The lowest BCUT2D eigenvalue weighted by Gasteiger charge is -2.55. The molecule has 0 spiro atoms. The summed E-state index contributed by atoms with van der Waals surface area (Å²) < 4.78 is 5.50. The Morgan fingerprint density at radius 3 is 2.32 bits per heavy atom. The topological polar surface area (TPSA) is 41.6 Å². The highest BCUT2D eigenvalue weighted by Crippen LogP contribution is 2.60. The molecular weight excluding hydrogens is 384 g/mol. The lowest BCUT2D eigenvalue weighted by molar-refractivity contribution is -0.146. The van der Waals surface area contributed by atoms with Crippen molar-refractivity contribution in [3.05, 3.63) is 29.8 Å². The van der Waals surface area contributed by atoms with Gasteiger partial charge in [0.25, 0.3) is 0 Å². The van der Waals surface area contributed by atoms with Gasteiger partial charge in [-0.2, -0.15) is 0 Å². The molecule has 0 unspecified atom stereocenters. The molecule has 1 aromatic rings. The summed E-state index contributed by atoms with van der Waals surface area (Å²) in [5.74, 6) is 3.86. The Balaban J connectivity index is 1.18. The Labute approximate surface area is 189 Å². The number of nitrogens with zero attached hydrogens (tertiary/aromatic N) is 1. The molecule has 1 aromatic carbocycles. The second-order valence-electron chi connectivity index (χ2n) is 10.9. The fourth-order valence-corrected chi connectivity index (χ4v) is 7.02. The zero-order chi connectivity index (χ0) is 21.8. The maximum absolute atomic E-state index is 13.1. The molecule has 5 rings (SSSR count). The van der Waals surface area contributed by atoms with Gasteiger partial charge in [0.2, 0.25) is 5.91 Å². The van der Waals surface area contributed by atoms with E-state index in [1.807, 2.05) is 12.1 Å². The van der Waals surface area contributed by atoms with Crippen molar-refractivity contribution in [3.63, 3.8) is 0 Å². The molecule has 0 heterocycles. The van der Waals surface area contributed by atoms with Gasteiger partial charge in [-0.15, -0.1) is 0 Å². The second kappa shape index (κ2) is 9.94. The van der Waals surface area contributed by atoms with E-state index in [1.165, 1.54) is 24.8 Å². The van der Waals surface area contributed by atoms with Gasteiger partial charge >= 0.3 is 0 Å². The van der Waals surface area contributed by atoms with Gasteiger partial charge in [-0.3, -0.25) is 4.79 Å². The van der Waals surface area contributed by atoms with Crippen LogP contribution >= 0.6 is 0 Å². The summed E-state index contributed by atoms with van der Waals surface area (Å²) in [6, 6.07) is 8.85. The molecule has 0 atom stereocenters. The highest BCUT2D eigenvalue weighted by molar-refractivity contribution is 5.83.